The predicted octanol–water partition coefficient (Wildman–Crippen LogP) is 2.93. The van der Waals surface area contributed by atoms with E-state index >= 15 is 0 Å². The fourth-order valence-electron chi connectivity index (χ4n) is 2.90. The van der Waals surface area contributed by atoms with Crippen molar-refractivity contribution in [3.63, 3.8) is 0 Å². The highest BCUT2D eigenvalue weighted by atomic mass is 35.5. The summed E-state index contributed by atoms with van der Waals surface area (Å²) < 4.78 is 0. The third-order valence-electron chi connectivity index (χ3n) is 4.10. The molecule has 0 aliphatic heterocycles. The number of hydrogen-bond acceptors (Lipinski definition) is 3. The molecule has 1 aliphatic rings. The summed E-state index contributed by atoms with van der Waals surface area (Å²) in [6, 6.07) is 5.18. The van der Waals surface area contributed by atoms with Gasteiger partial charge in [-0.25, -0.2) is 0 Å². The Morgan fingerprint density at radius 3 is 2.63 bits per heavy atom. The van der Waals surface area contributed by atoms with Crippen molar-refractivity contribution in [2.75, 3.05) is 13.2 Å². The van der Waals surface area contributed by atoms with E-state index in [1.165, 1.54) is 19.3 Å². The van der Waals surface area contributed by atoms with Gasteiger partial charge in [0.15, 0.2) is 0 Å². The molecule has 0 spiro atoms. The van der Waals surface area contributed by atoms with Crippen molar-refractivity contribution in [1.29, 1.82) is 0 Å². The maximum absolute atomic E-state index is 9.76. The van der Waals surface area contributed by atoms with Crippen LogP contribution in [0.25, 0.3) is 0 Å². The largest absolute Gasteiger partial charge is 0.508 e. The molecule has 0 bridgehead atoms. The summed E-state index contributed by atoms with van der Waals surface area (Å²) in [7, 11) is 0. The van der Waals surface area contributed by atoms with E-state index in [2.05, 4.69) is 5.32 Å². The first kappa shape index (κ1) is 14.6. The molecule has 1 aromatic carbocycles. The Bertz CT molecular complexity index is 391. The minimum Gasteiger partial charge on any atom is -0.508 e. The summed E-state index contributed by atoms with van der Waals surface area (Å²) >= 11 is 6.07. The van der Waals surface area contributed by atoms with Crippen LogP contribution in [0.5, 0.6) is 5.75 Å². The molecule has 2 unspecified atom stereocenters. The summed E-state index contributed by atoms with van der Waals surface area (Å²) in [5.41, 5.74) is 0.750. The molecule has 1 aliphatic carbocycles. The number of hydrogen-bond donors (Lipinski definition) is 3. The zero-order chi connectivity index (χ0) is 13.7. The maximum Gasteiger partial charge on any atom is 0.121 e. The Hall–Kier alpha value is -0.770. The Morgan fingerprint density at radius 2 is 1.95 bits per heavy atom. The monoisotopic (exact) mass is 283 g/mol. The molecular formula is C15H22ClNO2. The average Bonchev–Trinajstić information content (AvgIpc) is 2.42. The van der Waals surface area contributed by atoms with Crippen LogP contribution in [0, 0.1) is 11.8 Å². The van der Waals surface area contributed by atoms with Crippen LogP contribution in [0.4, 0.5) is 0 Å². The second-order valence-electron chi connectivity index (χ2n) is 5.36. The molecule has 106 valence electrons. The van der Waals surface area contributed by atoms with Crippen LogP contribution in [0.15, 0.2) is 18.2 Å². The lowest BCUT2D eigenvalue weighted by Crippen LogP contribution is -2.32. The van der Waals surface area contributed by atoms with E-state index in [9.17, 15) is 10.2 Å². The minimum atomic E-state index is 0.238. The van der Waals surface area contributed by atoms with Gasteiger partial charge in [0.25, 0.3) is 0 Å². The maximum atomic E-state index is 9.76. The van der Waals surface area contributed by atoms with Crippen LogP contribution in [-0.4, -0.2) is 23.4 Å². The van der Waals surface area contributed by atoms with Crippen LogP contribution in [0.1, 0.15) is 31.2 Å². The number of rotatable bonds is 5. The molecule has 0 saturated heterocycles. The molecule has 0 radical (unpaired) electrons. The van der Waals surface area contributed by atoms with Crippen molar-refractivity contribution < 1.29 is 10.2 Å². The standard InChI is InChI=1S/C15H22ClNO2/c16-14-6-3-7-15(19)13(14)9-17-8-11-4-1-2-5-12(11)10-18/h3,6-7,11-12,17-19H,1-2,4-5,8-10H2. The molecule has 0 amide bonds. The zero-order valence-corrected chi connectivity index (χ0v) is 11.9. The lowest BCUT2D eigenvalue weighted by Gasteiger charge is -2.30. The third-order valence-corrected chi connectivity index (χ3v) is 4.46. The molecule has 1 aromatic rings. The molecule has 0 heterocycles. The molecule has 0 aromatic heterocycles. The highest BCUT2D eigenvalue weighted by Gasteiger charge is 2.24. The SMILES string of the molecule is OCC1CCCCC1CNCc1c(O)cccc1Cl. The van der Waals surface area contributed by atoms with Gasteiger partial charge in [-0.3, -0.25) is 0 Å². The molecule has 1 fully saturated rings. The van der Waals surface area contributed by atoms with Crippen LogP contribution in [0.3, 0.4) is 0 Å². The number of phenolic OH excluding ortho intramolecular Hbond substituents is 1. The number of benzene rings is 1. The van der Waals surface area contributed by atoms with E-state index < -0.39 is 0 Å². The Balaban J connectivity index is 1.86. The smallest absolute Gasteiger partial charge is 0.121 e. The predicted molar refractivity (Wildman–Crippen MR) is 77.4 cm³/mol. The third kappa shape index (κ3) is 3.85. The van der Waals surface area contributed by atoms with E-state index in [-0.39, 0.29) is 12.4 Å². The van der Waals surface area contributed by atoms with Crippen LogP contribution < -0.4 is 5.32 Å². The topological polar surface area (TPSA) is 52.5 Å². The van der Waals surface area contributed by atoms with Crippen molar-refractivity contribution in [1.82, 2.24) is 5.32 Å². The van der Waals surface area contributed by atoms with Gasteiger partial charge in [0, 0.05) is 23.7 Å². The normalized spacial score (nSPS) is 23.5. The van der Waals surface area contributed by atoms with Crippen LogP contribution >= 0.6 is 11.6 Å². The second-order valence-corrected chi connectivity index (χ2v) is 5.76. The van der Waals surface area contributed by atoms with Crippen molar-refractivity contribution in [3.8, 4) is 5.75 Å². The minimum absolute atomic E-state index is 0.238. The van der Waals surface area contributed by atoms with Crippen LogP contribution in [0.2, 0.25) is 5.02 Å². The van der Waals surface area contributed by atoms with Gasteiger partial charge in [0.1, 0.15) is 5.75 Å². The molecule has 19 heavy (non-hydrogen) atoms. The van der Waals surface area contributed by atoms with Gasteiger partial charge in [-0.1, -0.05) is 30.5 Å². The first-order chi connectivity index (χ1) is 9.22. The number of phenols is 1. The van der Waals surface area contributed by atoms with Crippen molar-refractivity contribution in [3.05, 3.63) is 28.8 Å². The van der Waals surface area contributed by atoms with E-state index in [4.69, 9.17) is 11.6 Å². The molecule has 2 atom stereocenters. The number of halogens is 1. The molecule has 3 N–H and O–H groups in total. The fraction of sp³-hybridized carbons (Fsp3) is 0.600. The molecular weight excluding hydrogens is 262 g/mol. The van der Waals surface area contributed by atoms with Gasteiger partial charge in [0.2, 0.25) is 0 Å². The Morgan fingerprint density at radius 1 is 1.21 bits per heavy atom. The van der Waals surface area contributed by atoms with Crippen molar-refractivity contribution in [2.45, 2.75) is 32.2 Å². The quantitative estimate of drug-likeness (QED) is 0.779. The summed E-state index contributed by atoms with van der Waals surface area (Å²) in [5.74, 6) is 1.19. The van der Waals surface area contributed by atoms with Crippen LogP contribution in [-0.2, 0) is 6.54 Å². The first-order valence-electron chi connectivity index (χ1n) is 7.00. The van der Waals surface area contributed by atoms with E-state index in [0.717, 1.165) is 18.5 Å². The number of aliphatic hydroxyl groups excluding tert-OH is 1. The van der Waals surface area contributed by atoms with Gasteiger partial charge < -0.3 is 15.5 Å². The van der Waals surface area contributed by atoms with Crippen molar-refractivity contribution in [2.24, 2.45) is 11.8 Å². The summed E-state index contributed by atoms with van der Waals surface area (Å²) in [5, 5.41) is 23.1. The first-order valence-corrected chi connectivity index (χ1v) is 7.38. The van der Waals surface area contributed by atoms with E-state index in [1.807, 2.05) is 0 Å². The van der Waals surface area contributed by atoms with Gasteiger partial charge >= 0.3 is 0 Å². The van der Waals surface area contributed by atoms with Gasteiger partial charge in [-0.05, 0) is 43.4 Å². The number of aromatic hydroxyl groups is 1. The van der Waals surface area contributed by atoms with Crippen molar-refractivity contribution >= 4 is 11.6 Å². The molecule has 2 rings (SSSR count). The number of nitrogens with one attached hydrogen (secondary N) is 1. The zero-order valence-electron chi connectivity index (χ0n) is 11.1. The lowest BCUT2D eigenvalue weighted by atomic mass is 9.79. The summed E-state index contributed by atoms with van der Waals surface area (Å²) in [6.07, 6.45) is 4.78. The molecule has 3 nitrogen and oxygen atoms in total. The summed E-state index contributed by atoms with van der Waals surface area (Å²) in [4.78, 5) is 0. The highest BCUT2D eigenvalue weighted by molar-refractivity contribution is 6.31. The van der Waals surface area contributed by atoms with Gasteiger partial charge in [-0.15, -0.1) is 0 Å². The van der Waals surface area contributed by atoms with Gasteiger partial charge in [-0.2, -0.15) is 0 Å². The summed E-state index contributed by atoms with van der Waals surface area (Å²) in [6.45, 7) is 1.72. The van der Waals surface area contributed by atoms with E-state index in [1.54, 1.807) is 18.2 Å². The Kier molecular flexibility index (Phi) is 5.49. The fourth-order valence-corrected chi connectivity index (χ4v) is 3.13. The van der Waals surface area contributed by atoms with Gasteiger partial charge in [0.05, 0.1) is 0 Å². The lowest BCUT2D eigenvalue weighted by molar-refractivity contribution is 0.133. The Labute approximate surface area is 119 Å². The molecule has 1 saturated carbocycles. The number of aliphatic hydroxyl groups is 1. The molecule has 4 heteroatoms. The second kappa shape index (κ2) is 7.13. The highest BCUT2D eigenvalue weighted by Crippen LogP contribution is 2.29. The van der Waals surface area contributed by atoms with E-state index in [0.29, 0.717) is 23.4 Å². The average molecular weight is 284 g/mol.